The van der Waals surface area contributed by atoms with Gasteiger partial charge in [-0.15, -0.1) is 11.3 Å². The molecule has 0 saturated heterocycles. The fourth-order valence-electron chi connectivity index (χ4n) is 2.10. The third-order valence-electron chi connectivity index (χ3n) is 3.32. The van der Waals surface area contributed by atoms with E-state index >= 15 is 0 Å². The molecule has 0 aliphatic carbocycles. The van der Waals surface area contributed by atoms with Crippen LogP contribution >= 0.6 is 11.3 Å². The first-order valence-electron chi connectivity index (χ1n) is 7.02. The highest BCUT2D eigenvalue weighted by Gasteiger charge is 2.13. The van der Waals surface area contributed by atoms with Crippen LogP contribution in [0.5, 0.6) is 0 Å². The zero-order chi connectivity index (χ0) is 15.2. The second-order valence-electron chi connectivity index (χ2n) is 4.83. The van der Waals surface area contributed by atoms with Crippen molar-refractivity contribution < 1.29 is 4.92 Å². The van der Waals surface area contributed by atoms with E-state index in [0.29, 0.717) is 13.0 Å². The number of nitro benzene ring substituents is 1. The summed E-state index contributed by atoms with van der Waals surface area (Å²) in [4.78, 5) is 16.3. The molecule has 2 rings (SSSR count). The summed E-state index contributed by atoms with van der Waals surface area (Å²) < 4.78 is 0. The van der Waals surface area contributed by atoms with Crippen LogP contribution in [0.2, 0.25) is 0 Å². The maximum Gasteiger partial charge on any atom is 0.272 e. The molecule has 1 aromatic heterocycles. The quantitative estimate of drug-likeness (QED) is 0.628. The van der Waals surface area contributed by atoms with Crippen molar-refractivity contribution in [3.8, 4) is 0 Å². The summed E-state index contributed by atoms with van der Waals surface area (Å²) in [6, 6.07) is 7.05. The number of aromatic nitrogens is 1. The predicted molar refractivity (Wildman–Crippen MR) is 84.7 cm³/mol. The molecule has 0 aliphatic heterocycles. The maximum atomic E-state index is 11.0. The molecule has 1 N–H and O–H groups in total. The van der Waals surface area contributed by atoms with Gasteiger partial charge in [0.1, 0.15) is 5.01 Å². The topological polar surface area (TPSA) is 68.1 Å². The number of para-hydroxylation sites is 1. The Balaban J connectivity index is 1.91. The van der Waals surface area contributed by atoms with Crippen LogP contribution in [0, 0.1) is 10.1 Å². The van der Waals surface area contributed by atoms with Crippen molar-refractivity contribution in [2.75, 3.05) is 6.54 Å². The second-order valence-corrected chi connectivity index (χ2v) is 5.98. The summed E-state index contributed by atoms with van der Waals surface area (Å²) in [5.74, 6) is 0. The minimum Gasteiger partial charge on any atom is -0.308 e. The molecule has 6 heteroatoms. The van der Waals surface area contributed by atoms with Crippen LogP contribution in [0.3, 0.4) is 0 Å². The minimum absolute atomic E-state index is 0.165. The van der Waals surface area contributed by atoms with Crippen molar-refractivity contribution in [2.45, 2.75) is 32.7 Å². The Morgan fingerprint density at radius 2 is 2.19 bits per heavy atom. The second kappa shape index (κ2) is 7.28. The normalized spacial score (nSPS) is 12.3. The Morgan fingerprint density at radius 3 is 2.86 bits per heavy atom. The van der Waals surface area contributed by atoms with Crippen molar-refractivity contribution >= 4 is 17.0 Å². The van der Waals surface area contributed by atoms with Crippen LogP contribution in [-0.2, 0) is 12.8 Å². The largest absolute Gasteiger partial charge is 0.308 e. The van der Waals surface area contributed by atoms with Crippen molar-refractivity contribution in [1.29, 1.82) is 0 Å². The van der Waals surface area contributed by atoms with Crippen molar-refractivity contribution in [3.05, 3.63) is 56.0 Å². The van der Waals surface area contributed by atoms with Crippen LogP contribution < -0.4 is 5.32 Å². The molecular weight excluding hydrogens is 286 g/mol. The molecule has 21 heavy (non-hydrogen) atoms. The standard InChI is InChI=1S/C15H19N3O2S/c1-3-13-10-17-15(21-13)11(2)16-9-8-12-6-4-5-7-14(12)18(19)20/h4-7,10-11,16H,3,8-9H2,1-2H3. The molecule has 1 heterocycles. The number of nitrogens with one attached hydrogen (secondary N) is 1. The highest BCUT2D eigenvalue weighted by Crippen LogP contribution is 2.21. The summed E-state index contributed by atoms with van der Waals surface area (Å²) in [6.07, 6.45) is 3.55. The highest BCUT2D eigenvalue weighted by atomic mass is 32.1. The molecule has 0 aliphatic rings. The molecule has 112 valence electrons. The zero-order valence-electron chi connectivity index (χ0n) is 12.2. The number of aryl methyl sites for hydroxylation is 1. The number of nitro groups is 1. The first-order chi connectivity index (χ1) is 10.1. The summed E-state index contributed by atoms with van der Waals surface area (Å²) in [5.41, 5.74) is 0.949. The molecule has 0 amide bonds. The van der Waals surface area contributed by atoms with Gasteiger partial charge in [0, 0.05) is 29.2 Å². The number of hydrogen-bond donors (Lipinski definition) is 1. The third-order valence-corrected chi connectivity index (χ3v) is 4.65. The SMILES string of the molecule is CCc1cnc(C(C)NCCc2ccccc2[N+](=O)[O-])s1. The molecule has 0 saturated carbocycles. The van der Waals surface area contributed by atoms with E-state index in [9.17, 15) is 10.1 Å². The number of nitrogens with zero attached hydrogens (tertiary/aromatic N) is 2. The summed E-state index contributed by atoms with van der Waals surface area (Å²) in [5, 5.41) is 15.4. The van der Waals surface area contributed by atoms with Crippen LogP contribution in [0.25, 0.3) is 0 Å². The number of thiazole rings is 1. The molecule has 0 fully saturated rings. The van der Waals surface area contributed by atoms with E-state index in [2.05, 4.69) is 24.1 Å². The molecule has 0 bridgehead atoms. The van der Waals surface area contributed by atoms with Gasteiger partial charge in [-0.1, -0.05) is 25.1 Å². The molecule has 0 spiro atoms. The summed E-state index contributed by atoms with van der Waals surface area (Å²) in [7, 11) is 0. The molecule has 1 atom stereocenters. The van der Waals surface area contributed by atoms with Crippen molar-refractivity contribution in [1.82, 2.24) is 10.3 Å². The molecule has 1 aromatic carbocycles. The first kappa shape index (κ1) is 15.6. The van der Waals surface area contributed by atoms with Gasteiger partial charge < -0.3 is 5.32 Å². The van der Waals surface area contributed by atoms with E-state index in [1.807, 2.05) is 18.3 Å². The molecule has 0 radical (unpaired) electrons. The van der Waals surface area contributed by atoms with E-state index in [-0.39, 0.29) is 16.7 Å². The third kappa shape index (κ3) is 4.09. The van der Waals surface area contributed by atoms with Gasteiger partial charge in [0.15, 0.2) is 0 Å². The Kier molecular flexibility index (Phi) is 5.41. The fraction of sp³-hybridized carbons (Fsp3) is 0.400. The lowest BCUT2D eigenvalue weighted by Crippen LogP contribution is -2.21. The predicted octanol–water partition coefficient (Wildman–Crippen LogP) is 3.51. The van der Waals surface area contributed by atoms with Gasteiger partial charge in [-0.2, -0.15) is 0 Å². The van der Waals surface area contributed by atoms with E-state index in [1.165, 1.54) is 4.88 Å². The lowest BCUT2D eigenvalue weighted by atomic mass is 10.1. The molecular formula is C15H19N3O2S. The van der Waals surface area contributed by atoms with Gasteiger partial charge in [0.25, 0.3) is 5.69 Å². The summed E-state index contributed by atoms with van der Waals surface area (Å²) in [6.45, 7) is 4.87. The Hall–Kier alpha value is -1.79. The fourth-order valence-corrected chi connectivity index (χ4v) is 2.98. The summed E-state index contributed by atoms with van der Waals surface area (Å²) >= 11 is 1.71. The van der Waals surface area contributed by atoms with Crippen LogP contribution in [0.4, 0.5) is 5.69 Å². The molecule has 2 aromatic rings. The number of benzene rings is 1. The average molecular weight is 305 g/mol. The van der Waals surface area contributed by atoms with E-state index in [4.69, 9.17) is 0 Å². The van der Waals surface area contributed by atoms with E-state index < -0.39 is 0 Å². The van der Waals surface area contributed by atoms with Gasteiger partial charge in [0.2, 0.25) is 0 Å². The zero-order valence-corrected chi connectivity index (χ0v) is 13.0. The number of rotatable bonds is 7. The van der Waals surface area contributed by atoms with Gasteiger partial charge in [0.05, 0.1) is 11.0 Å². The lowest BCUT2D eigenvalue weighted by Gasteiger charge is -2.11. The minimum atomic E-state index is -0.326. The van der Waals surface area contributed by atoms with E-state index in [1.54, 1.807) is 23.5 Å². The van der Waals surface area contributed by atoms with Gasteiger partial charge >= 0.3 is 0 Å². The number of hydrogen-bond acceptors (Lipinski definition) is 5. The molecule has 1 unspecified atom stereocenters. The lowest BCUT2D eigenvalue weighted by molar-refractivity contribution is -0.385. The smallest absolute Gasteiger partial charge is 0.272 e. The van der Waals surface area contributed by atoms with Crippen molar-refractivity contribution in [2.24, 2.45) is 0 Å². The Labute approximate surface area is 128 Å². The van der Waals surface area contributed by atoms with Crippen LogP contribution in [0.1, 0.15) is 35.3 Å². The van der Waals surface area contributed by atoms with Gasteiger partial charge in [-0.25, -0.2) is 4.98 Å². The highest BCUT2D eigenvalue weighted by molar-refractivity contribution is 7.11. The average Bonchev–Trinajstić information content (AvgIpc) is 2.96. The van der Waals surface area contributed by atoms with Crippen LogP contribution in [-0.4, -0.2) is 16.5 Å². The first-order valence-corrected chi connectivity index (χ1v) is 7.83. The van der Waals surface area contributed by atoms with Crippen molar-refractivity contribution in [3.63, 3.8) is 0 Å². The van der Waals surface area contributed by atoms with Crippen LogP contribution in [0.15, 0.2) is 30.5 Å². The van der Waals surface area contributed by atoms with E-state index in [0.717, 1.165) is 17.0 Å². The Bertz CT molecular complexity index is 612. The molecule has 5 nitrogen and oxygen atoms in total. The maximum absolute atomic E-state index is 11.0. The monoisotopic (exact) mass is 305 g/mol. The van der Waals surface area contributed by atoms with Gasteiger partial charge in [-0.3, -0.25) is 10.1 Å². The Morgan fingerprint density at radius 1 is 1.43 bits per heavy atom. The van der Waals surface area contributed by atoms with Gasteiger partial charge in [-0.05, 0) is 19.8 Å².